The molecule has 2 heterocycles. The van der Waals surface area contributed by atoms with Crippen LogP contribution in [0.15, 0.2) is 54.9 Å². The molecule has 22 heavy (non-hydrogen) atoms. The van der Waals surface area contributed by atoms with Crippen molar-refractivity contribution >= 4 is 11.4 Å². The van der Waals surface area contributed by atoms with Gasteiger partial charge in [0.25, 0.3) is 5.91 Å². The van der Waals surface area contributed by atoms with E-state index in [-0.39, 0.29) is 5.91 Å². The predicted molar refractivity (Wildman–Crippen MR) is 84.2 cm³/mol. The zero-order valence-corrected chi connectivity index (χ0v) is 12.3. The second-order valence-electron chi connectivity index (χ2n) is 4.91. The van der Waals surface area contributed by atoms with Gasteiger partial charge in [0.1, 0.15) is 11.6 Å². The second-order valence-corrected chi connectivity index (χ2v) is 4.91. The Bertz CT molecular complexity index is 795. The van der Waals surface area contributed by atoms with Crippen molar-refractivity contribution in [2.45, 2.75) is 6.42 Å². The summed E-state index contributed by atoms with van der Waals surface area (Å²) in [5, 5.41) is 2.91. The van der Waals surface area contributed by atoms with Crippen LogP contribution in [0.5, 0.6) is 5.75 Å². The van der Waals surface area contributed by atoms with Crippen LogP contribution < -0.4 is 10.1 Å². The van der Waals surface area contributed by atoms with Gasteiger partial charge in [-0.15, -0.1) is 0 Å². The van der Waals surface area contributed by atoms with E-state index in [0.717, 1.165) is 11.3 Å². The standard InChI is InChI=1S/C17H17N3O2/c1-22-15-7-4-5-13(11-15)17(21)18-9-8-16-19-12-14-6-2-3-10-20(14)16/h2-7,10-12H,8-9H2,1H3,(H,18,21). The minimum Gasteiger partial charge on any atom is -0.497 e. The Hall–Kier alpha value is -2.82. The molecular weight excluding hydrogens is 278 g/mol. The van der Waals surface area contributed by atoms with Gasteiger partial charge in [0.2, 0.25) is 0 Å². The van der Waals surface area contributed by atoms with Gasteiger partial charge in [-0.1, -0.05) is 12.1 Å². The minimum atomic E-state index is -0.111. The highest BCUT2D eigenvalue weighted by molar-refractivity contribution is 5.94. The van der Waals surface area contributed by atoms with Crippen LogP contribution in [0.4, 0.5) is 0 Å². The van der Waals surface area contributed by atoms with Gasteiger partial charge in [-0.05, 0) is 30.3 Å². The minimum absolute atomic E-state index is 0.111. The lowest BCUT2D eigenvalue weighted by Crippen LogP contribution is -2.26. The molecular formula is C17H17N3O2. The number of rotatable bonds is 5. The van der Waals surface area contributed by atoms with Crippen molar-refractivity contribution in [2.24, 2.45) is 0 Å². The maximum absolute atomic E-state index is 12.1. The Morgan fingerprint density at radius 1 is 1.27 bits per heavy atom. The van der Waals surface area contributed by atoms with E-state index in [4.69, 9.17) is 4.74 Å². The maximum Gasteiger partial charge on any atom is 0.251 e. The van der Waals surface area contributed by atoms with Gasteiger partial charge in [0.15, 0.2) is 0 Å². The Kier molecular flexibility index (Phi) is 4.05. The lowest BCUT2D eigenvalue weighted by molar-refractivity contribution is 0.0953. The third-order valence-corrected chi connectivity index (χ3v) is 3.48. The highest BCUT2D eigenvalue weighted by atomic mass is 16.5. The van der Waals surface area contributed by atoms with E-state index in [9.17, 15) is 4.79 Å². The molecule has 0 radical (unpaired) electrons. The predicted octanol–water partition coefficient (Wildman–Crippen LogP) is 2.32. The van der Waals surface area contributed by atoms with Crippen LogP contribution >= 0.6 is 0 Å². The average Bonchev–Trinajstić information content (AvgIpc) is 2.98. The molecule has 3 rings (SSSR count). The second kappa shape index (κ2) is 6.30. The van der Waals surface area contributed by atoms with Gasteiger partial charge in [-0.25, -0.2) is 4.98 Å². The number of aromatic nitrogens is 2. The molecule has 1 N–H and O–H groups in total. The number of imidazole rings is 1. The first-order valence-electron chi connectivity index (χ1n) is 7.11. The van der Waals surface area contributed by atoms with Crippen molar-refractivity contribution in [2.75, 3.05) is 13.7 Å². The summed E-state index contributed by atoms with van der Waals surface area (Å²) >= 11 is 0. The lowest BCUT2D eigenvalue weighted by Gasteiger charge is -2.06. The molecule has 5 heteroatoms. The number of hydrogen-bond donors (Lipinski definition) is 1. The Balaban J connectivity index is 1.61. The fraction of sp³-hybridized carbons (Fsp3) is 0.176. The van der Waals surface area contributed by atoms with E-state index in [0.29, 0.717) is 24.3 Å². The molecule has 1 amide bonds. The summed E-state index contributed by atoms with van der Waals surface area (Å²) in [5.74, 6) is 1.49. The van der Waals surface area contributed by atoms with Crippen molar-refractivity contribution < 1.29 is 9.53 Å². The first kappa shape index (κ1) is 14.1. The van der Waals surface area contributed by atoms with E-state index in [1.807, 2.05) is 41.1 Å². The quantitative estimate of drug-likeness (QED) is 0.786. The summed E-state index contributed by atoms with van der Waals surface area (Å²) in [5.41, 5.74) is 1.64. The van der Waals surface area contributed by atoms with E-state index in [1.54, 1.807) is 25.3 Å². The van der Waals surface area contributed by atoms with Crippen molar-refractivity contribution in [1.82, 2.24) is 14.7 Å². The number of fused-ring (bicyclic) bond motifs is 1. The number of ether oxygens (including phenoxy) is 1. The largest absolute Gasteiger partial charge is 0.497 e. The molecule has 2 aromatic heterocycles. The van der Waals surface area contributed by atoms with Crippen LogP contribution in [0, 0.1) is 0 Å². The number of pyridine rings is 1. The molecule has 0 fully saturated rings. The van der Waals surface area contributed by atoms with Crippen LogP contribution in [0.2, 0.25) is 0 Å². The SMILES string of the molecule is COc1cccc(C(=O)NCCc2ncc3ccccn23)c1. The topological polar surface area (TPSA) is 55.6 Å². The zero-order chi connectivity index (χ0) is 15.4. The number of amides is 1. The van der Waals surface area contributed by atoms with E-state index in [1.165, 1.54) is 0 Å². The third-order valence-electron chi connectivity index (χ3n) is 3.48. The van der Waals surface area contributed by atoms with Gasteiger partial charge >= 0.3 is 0 Å². The van der Waals surface area contributed by atoms with Gasteiger partial charge in [0.05, 0.1) is 18.8 Å². The molecule has 3 aromatic rings. The average molecular weight is 295 g/mol. The monoisotopic (exact) mass is 295 g/mol. The van der Waals surface area contributed by atoms with Crippen LogP contribution in [0.1, 0.15) is 16.2 Å². The number of methoxy groups -OCH3 is 1. The Morgan fingerprint density at radius 2 is 2.18 bits per heavy atom. The molecule has 0 aliphatic rings. The van der Waals surface area contributed by atoms with Crippen LogP contribution in [0.3, 0.4) is 0 Å². The zero-order valence-electron chi connectivity index (χ0n) is 12.3. The number of nitrogens with zero attached hydrogens (tertiary/aromatic N) is 2. The molecule has 0 saturated heterocycles. The van der Waals surface area contributed by atoms with Crippen LogP contribution in [-0.4, -0.2) is 28.9 Å². The summed E-state index contributed by atoms with van der Waals surface area (Å²) in [6.45, 7) is 0.532. The van der Waals surface area contributed by atoms with Gasteiger partial charge in [-0.2, -0.15) is 0 Å². The van der Waals surface area contributed by atoms with Crippen molar-refractivity contribution in [3.8, 4) is 5.75 Å². The fourth-order valence-corrected chi connectivity index (χ4v) is 2.34. The number of hydrogen-bond acceptors (Lipinski definition) is 3. The van der Waals surface area contributed by atoms with E-state index in [2.05, 4.69) is 10.3 Å². The number of carbonyl (C=O) groups excluding carboxylic acids is 1. The number of nitrogens with one attached hydrogen (secondary N) is 1. The molecule has 112 valence electrons. The molecule has 0 aliphatic carbocycles. The van der Waals surface area contributed by atoms with Crippen molar-refractivity contribution in [1.29, 1.82) is 0 Å². The molecule has 5 nitrogen and oxygen atoms in total. The van der Waals surface area contributed by atoms with Gasteiger partial charge in [0, 0.05) is 24.7 Å². The first-order valence-corrected chi connectivity index (χ1v) is 7.11. The number of carbonyl (C=O) groups is 1. The van der Waals surface area contributed by atoms with Crippen molar-refractivity contribution in [3.63, 3.8) is 0 Å². The highest BCUT2D eigenvalue weighted by Gasteiger charge is 2.07. The molecule has 1 aromatic carbocycles. The summed E-state index contributed by atoms with van der Waals surface area (Å²) in [4.78, 5) is 16.5. The van der Waals surface area contributed by atoms with E-state index < -0.39 is 0 Å². The Labute approximate surface area is 128 Å². The fourth-order valence-electron chi connectivity index (χ4n) is 2.34. The normalized spacial score (nSPS) is 10.6. The molecule has 0 unspecified atom stereocenters. The Morgan fingerprint density at radius 3 is 3.05 bits per heavy atom. The summed E-state index contributed by atoms with van der Waals surface area (Å²) < 4.78 is 7.15. The third kappa shape index (κ3) is 2.93. The van der Waals surface area contributed by atoms with Crippen LogP contribution in [0.25, 0.3) is 5.52 Å². The lowest BCUT2D eigenvalue weighted by atomic mass is 10.2. The van der Waals surface area contributed by atoms with E-state index >= 15 is 0 Å². The molecule has 0 aliphatic heterocycles. The summed E-state index contributed by atoms with van der Waals surface area (Å²) in [6.07, 6.45) is 4.48. The number of benzene rings is 1. The van der Waals surface area contributed by atoms with Crippen LogP contribution in [-0.2, 0) is 6.42 Å². The first-order chi connectivity index (χ1) is 10.8. The summed E-state index contributed by atoms with van der Waals surface area (Å²) in [6, 6.07) is 13.1. The molecule has 0 spiro atoms. The molecule has 0 saturated carbocycles. The molecule has 0 atom stereocenters. The highest BCUT2D eigenvalue weighted by Crippen LogP contribution is 2.12. The summed E-state index contributed by atoms with van der Waals surface area (Å²) in [7, 11) is 1.58. The van der Waals surface area contributed by atoms with Crippen molar-refractivity contribution in [3.05, 3.63) is 66.2 Å². The smallest absolute Gasteiger partial charge is 0.251 e. The van der Waals surface area contributed by atoms with Gasteiger partial charge < -0.3 is 14.5 Å². The molecule has 0 bridgehead atoms. The maximum atomic E-state index is 12.1. The van der Waals surface area contributed by atoms with Gasteiger partial charge in [-0.3, -0.25) is 4.79 Å².